The van der Waals surface area contributed by atoms with Crippen LogP contribution in [0.3, 0.4) is 0 Å². The number of nitrogens with one attached hydrogen (secondary N) is 2. The minimum Gasteiger partial charge on any atom is -0.478 e. The highest BCUT2D eigenvalue weighted by molar-refractivity contribution is 6.03. The minimum atomic E-state index is -0.669. The van der Waals surface area contributed by atoms with E-state index in [1.54, 1.807) is 44.2 Å². The van der Waals surface area contributed by atoms with E-state index in [0.29, 0.717) is 28.1 Å². The van der Waals surface area contributed by atoms with E-state index in [1.165, 1.54) is 6.07 Å². The van der Waals surface area contributed by atoms with Crippen molar-refractivity contribution in [3.05, 3.63) is 58.9 Å². The van der Waals surface area contributed by atoms with E-state index in [9.17, 15) is 14.0 Å². The van der Waals surface area contributed by atoms with Crippen molar-refractivity contribution in [1.29, 1.82) is 0 Å². The van der Waals surface area contributed by atoms with E-state index < -0.39 is 6.10 Å². The standard InChI is InChI=1S/C18H17FN2O3/c1-10-6-7-12(8-14(10)19)9-20-18(23)13-4-3-5-15-16(13)24-11(2)17(22)21-15/h3-8,11H,9H2,1-2H3,(H,20,23)(H,21,22). The monoisotopic (exact) mass is 328 g/mol. The molecule has 1 atom stereocenters. The van der Waals surface area contributed by atoms with Crippen molar-refractivity contribution >= 4 is 17.5 Å². The van der Waals surface area contributed by atoms with Crippen LogP contribution in [0.2, 0.25) is 0 Å². The van der Waals surface area contributed by atoms with Crippen LogP contribution in [0.1, 0.15) is 28.4 Å². The van der Waals surface area contributed by atoms with Crippen molar-refractivity contribution in [2.45, 2.75) is 26.5 Å². The maximum atomic E-state index is 13.6. The van der Waals surface area contributed by atoms with Crippen LogP contribution in [0.25, 0.3) is 0 Å². The van der Waals surface area contributed by atoms with Crippen molar-refractivity contribution in [3.8, 4) is 5.75 Å². The van der Waals surface area contributed by atoms with Gasteiger partial charge in [-0.1, -0.05) is 18.2 Å². The Morgan fingerprint density at radius 2 is 2.12 bits per heavy atom. The van der Waals surface area contributed by atoms with Gasteiger partial charge in [0.2, 0.25) is 0 Å². The number of rotatable bonds is 3. The first-order valence-electron chi connectivity index (χ1n) is 7.59. The summed E-state index contributed by atoms with van der Waals surface area (Å²) < 4.78 is 19.1. The van der Waals surface area contributed by atoms with Gasteiger partial charge in [0.15, 0.2) is 11.9 Å². The lowest BCUT2D eigenvalue weighted by atomic mass is 10.1. The zero-order valence-electron chi connectivity index (χ0n) is 13.4. The molecule has 0 spiro atoms. The lowest BCUT2D eigenvalue weighted by molar-refractivity contribution is -0.122. The smallest absolute Gasteiger partial charge is 0.265 e. The van der Waals surface area contributed by atoms with E-state index in [0.717, 1.165) is 0 Å². The Kier molecular flexibility index (Phi) is 4.20. The molecule has 0 aliphatic carbocycles. The number of fused-ring (bicyclic) bond motifs is 1. The highest BCUT2D eigenvalue weighted by atomic mass is 19.1. The molecule has 124 valence electrons. The van der Waals surface area contributed by atoms with E-state index in [-0.39, 0.29) is 24.2 Å². The maximum absolute atomic E-state index is 13.6. The Hall–Kier alpha value is -2.89. The number of carbonyl (C=O) groups is 2. The summed E-state index contributed by atoms with van der Waals surface area (Å²) in [6.07, 6.45) is -0.669. The van der Waals surface area contributed by atoms with Gasteiger partial charge in [-0.25, -0.2) is 4.39 Å². The van der Waals surface area contributed by atoms with Crippen LogP contribution < -0.4 is 15.4 Å². The first-order valence-corrected chi connectivity index (χ1v) is 7.59. The molecule has 3 rings (SSSR count). The average molecular weight is 328 g/mol. The molecule has 5 nitrogen and oxygen atoms in total. The first kappa shape index (κ1) is 16.0. The van der Waals surface area contributed by atoms with Crippen LogP contribution in [0, 0.1) is 12.7 Å². The number of carbonyl (C=O) groups excluding carboxylic acids is 2. The van der Waals surface area contributed by atoms with Crippen molar-refractivity contribution in [3.63, 3.8) is 0 Å². The lowest BCUT2D eigenvalue weighted by Gasteiger charge is -2.25. The van der Waals surface area contributed by atoms with E-state index in [2.05, 4.69) is 10.6 Å². The molecule has 2 N–H and O–H groups in total. The molecule has 2 aromatic rings. The third-order valence-electron chi connectivity index (χ3n) is 3.87. The zero-order valence-corrected chi connectivity index (χ0v) is 13.4. The molecule has 0 aromatic heterocycles. The van der Waals surface area contributed by atoms with Gasteiger partial charge in [0, 0.05) is 6.54 Å². The van der Waals surface area contributed by atoms with Crippen LogP contribution in [0.4, 0.5) is 10.1 Å². The van der Waals surface area contributed by atoms with Crippen LogP contribution >= 0.6 is 0 Å². The Balaban J connectivity index is 1.77. The van der Waals surface area contributed by atoms with Crippen LogP contribution in [-0.2, 0) is 11.3 Å². The molecule has 24 heavy (non-hydrogen) atoms. The predicted octanol–water partition coefficient (Wildman–Crippen LogP) is 2.78. The number of amides is 2. The average Bonchev–Trinajstić information content (AvgIpc) is 2.56. The van der Waals surface area contributed by atoms with Crippen LogP contribution in [0.5, 0.6) is 5.75 Å². The fourth-order valence-corrected chi connectivity index (χ4v) is 2.43. The van der Waals surface area contributed by atoms with Gasteiger partial charge < -0.3 is 15.4 Å². The molecule has 0 fully saturated rings. The van der Waals surface area contributed by atoms with Crippen molar-refractivity contribution in [2.24, 2.45) is 0 Å². The Morgan fingerprint density at radius 1 is 1.33 bits per heavy atom. The van der Waals surface area contributed by atoms with Gasteiger partial charge in [-0.05, 0) is 43.2 Å². The number of para-hydroxylation sites is 1. The van der Waals surface area contributed by atoms with Crippen LogP contribution in [0.15, 0.2) is 36.4 Å². The molecule has 1 unspecified atom stereocenters. The normalized spacial score (nSPS) is 16.0. The molecule has 0 saturated carbocycles. The summed E-state index contributed by atoms with van der Waals surface area (Å²) in [4.78, 5) is 24.1. The maximum Gasteiger partial charge on any atom is 0.265 e. The van der Waals surface area contributed by atoms with Gasteiger partial charge in [0.1, 0.15) is 5.82 Å². The van der Waals surface area contributed by atoms with Crippen molar-refractivity contribution < 1.29 is 18.7 Å². The number of anilines is 1. The number of halogens is 1. The second-order valence-electron chi connectivity index (χ2n) is 5.70. The second kappa shape index (κ2) is 6.31. The van der Waals surface area contributed by atoms with Crippen molar-refractivity contribution in [2.75, 3.05) is 5.32 Å². The van der Waals surface area contributed by atoms with Crippen molar-refractivity contribution in [1.82, 2.24) is 5.32 Å². The largest absolute Gasteiger partial charge is 0.478 e. The first-order chi connectivity index (χ1) is 11.5. The zero-order chi connectivity index (χ0) is 17.3. The molecule has 6 heteroatoms. The third-order valence-corrected chi connectivity index (χ3v) is 3.87. The lowest BCUT2D eigenvalue weighted by Crippen LogP contribution is -2.35. The molecule has 1 aliphatic heterocycles. The predicted molar refractivity (Wildman–Crippen MR) is 87.5 cm³/mol. The summed E-state index contributed by atoms with van der Waals surface area (Å²) in [6, 6.07) is 9.78. The van der Waals surface area contributed by atoms with Gasteiger partial charge in [-0.3, -0.25) is 9.59 Å². The van der Waals surface area contributed by atoms with Gasteiger partial charge in [0.05, 0.1) is 11.3 Å². The highest BCUT2D eigenvalue weighted by Crippen LogP contribution is 2.33. The van der Waals surface area contributed by atoms with E-state index in [1.807, 2.05) is 0 Å². The number of hydrogen-bond acceptors (Lipinski definition) is 3. The summed E-state index contributed by atoms with van der Waals surface area (Å²) in [5.41, 5.74) is 2.01. The molecule has 2 amide bonds. The quantitative estimate of drug-likeness (QED) is 0.910. The SMILES string of the molecule is Cc1ccc(CNC(=O)c2cccc3c2OC(C)C(=O)N3)cc1F. The van der Waals surface area contributed by atoms with E-state index in [4.69, 9.17) is 4.74 Å². The van der Waals surface area contributed by atoms with Gasteiger partial charge in [-0.15, -0.1) is 0 Å². The number of benzene rings is 2. The highest BCUT2D eigenvalue weighted by Gasteiger charge is 2.27. The molecule has 2 aromatic carbocycles. The molecular formula is C18H17FN2O3. The summed E-state index contributed by atoms with van der Waals surface area (Å²) in [7, 11) is 0. The minimum absolute atomic E-state index is 0.196. The fraction of sp³-hybridized carbons (Fsp3) is 0.222. The second-order valence-corrected chi connectivity index (χ2v) is 5.70. The topological polar surface area (TPSA) is 67.4 Å². The Morgan fingerprint density at radius 3 is 2.88 bits per heavy atom. The molecule has 1 heterocycles. The Bertz CT molecular complexity index is 820. The number of aryl methyl sites for hydroxylation is 1. The number of hydrogen-bond donors (Lipinski definition) is 2. The third kappa shape index (κ3) is 3.08. The fourth-order valence-electron chi connectivity index (χ4n) is 2.43. The molecule has 0 radical (unpaired) electrons. The summed E-state index contributed by atoms with van der Waals surface area (Å²) >= 11 is 0. The van der Waals surface area contributed by atoms with Gasteiger partial charge in [0.25, 0.3) is 11.8 Å². The van der Waals surface area contributed by atoms with E-state index >= 15 is 0 Å². The summed E-state index contributed by atoms with van der Waals surface area (Å²) in [6.45, 7) is 3.49. The summed E-state index contributed by atoms with van der Waals surface area (Å²) in [5.74, 6) is -0.567. The van der Waals surface area contributed by atoms with Gasteiger partial charge in [-0.2, -0.15) is 0 Å². The molecule has 1 aliphatic rings. The Labute approximate surface area is 138 Å². The molecule has 0 bridgehead atoms. The van der Waals surface area contributed by atoms with Gasteiger partial charge >= 0.3 is 0 Å². The molecular weight excluding hydrogens is 311 g/mol. The summed E-state index contributed by atoms with van der Waals surface area (Å²) in [5, 5.41) is 5.44. The van der Waals surface area contributed by atoms with Crippen LogP contribution in [-0.4, -0.2) is 17.9 Å². The number of ether oxygens (including phenoxy) is 1. The molecule has 0 saturated heterocycles.